The number of ether oxygens (including phenoxy) is 1. The maximum absolute atomic E-state index is 13.2. The molecule has 1 heterocycles. The van der Waals surface area contributed by atoms with Crippen LogP contribution in [0.3, 0.4) is 0 Å². The maximum atomic E-state index is 13.2. The molecule has 29 heavy (non-hydrogen) atoms. The van der Waals surface area contributed by atoms with Crippen molar-refractivity contribution in [1.82, 2.24) is 0 Å². The predicted octanol–water partition coefficient (Wildman–Crippen LogP) is 6.02. The van der Waals surface area contributed by atoms with Crippen LogP contribution in [-0.2, 0) is 11.0 Å². The van der Waals surface area contributed by atoms with Crippen molar-refractivity contribution >= 4 is 40.2 Å². The van der Waals surface area contributed by atoms with Gasteiger partial charge in [0.25, 0.3) is 0 Å². The van der Waals surface area contributed by atoms with Crippen LogP contribution < -0.4 is 4.74 Å². The van der Waals surface area contributed by atoms with Gasteiger partial charge in [0.05, 0.1) is 24.1 Å². The molecule has 0 atom stereocenters. The molecule has 0 aliphatic heterocycles. The van der Waals surface area contributed by atoms with Gasteiger partial charge in [-0.25, -0.2) is 4.99 Å². The lowest BCUT2D eigenvalue weighted by molar-refractivity contribution is -0.137. The zero-order chi connectivity index (χ0) is 20.6. The fourth-order valence-corrected chi connectivity index (χ4v) is 4.03. The van der Waals surface area contributed by atoms with E-state index in [0.717, 1.165) is 17.0 Å². The average molecular weight is 413 g/mol. The number of carbonyl (C=O) groups is 1. The summed E-state index contributed by atoms with van der Waals surface area (Å²) in [4.78, 5) is 17.4. The SMILES string of the molecule is COc1ccc(N=C2C(c3cccs3)=C(C=O)c3cc(C(F)(F)F)ccc32)cc1. The molecule has 0 N–H and O–H groups in total. The van der Waals surface area contributed by atoms with E-state index in [9.17, 15) is 18.0 Å². The zero-order valence-corrected chi connectivity index (χ0v) is 16.0. The van der Waals surface area contributed by atoms with Crippen LogP contribution in [-0.4, -0.2) is 19.1 Å². The molecule has 1 aliphatic carbocycles. The molecule has 0 saturated carbocycles. The largest absolute Gasteiger partial charge is 0.497 e. The van der Waals surface area contributed by atoms with Crippen LogP contribution in [0.1, 0.15) is 21.6 Å². The molecule has 0 bridgehead atoms. The Kier molecular flexibility index (Phi) is 4.84. The highest BCUT2D eigenvalue weighted by atomic mass is 32.1. The standard InChI is InChI=1S/C22H14F3NO2S/c1-28-15-7-5-14(6-8-15)26-21-16-9-4-13(22(23,24)25)11-17(16)18(12-27)20(21)19-3-2-10-29-19/h2-12H,1H3. The van der Waals surface area contributed by atoms with Crippen molar-refractivity contribution in [1.29, 1.82) is 0 Å². The Bertz CT molecular complexity index is 1130. The van der Waals surface area contributed by atoms with Crippen LogP contribution in [0, 0.1) is 0 Å². The number of hydrogen-bond donors (Lipinski definition) is 0. The van der Waals surface area contributed by atoms with E-state index in [1.54, 1.807) is 31.4 Å². The molecule has 1 aromatic heterocycles. The number of alkyl halides is 3. The number of carbonyl (C=O) groups excluding carboxylic acids is 1. The third kappa shape index (κ3) is 3.49. The molecule has 0 amide bonds. The fourth-order valence-electron chi connectivity index (χ4n) is 3.24. The molecule has 3 aromatic rings. The van der Waals surface area contributed by atoms with E-state index in [1.807, 2.05) is 17.5 Å². The molecule has 0 unspecified atom stereocenters. The number of hydrogen-bond acceptors (Lipinski definition) is 4. The Balaban J connectivity index is 1.95. The minimum Gasteiger partial charge on any atom is -0.497 e. The van der Waals surface area contributed by atoms with E-state index in [2.05, 4.69) is 4.99 Å². The van der Waals surface area contributed by atoms with E-state index in [1.165, 1.54) is 17.4 Å². The second-order valence-corrected chi connectivity index (χ2v) is 7.25. The molecule has 0 spiro atoms. The number of rotatable bonds is 4. The molecule has 1 aliphatic rings. The van der Waals surface area contributed by atoms with Crippen molar-refractivity contribution in [3.8, 4) is 5.75 Å². The predicted molar refractivity (Wildman–Crippen MR) is 108 cm³/mol. The first-order valence-electron chi connectivity index (χ1n) is 8.61. The third-order valence-corrected chi connectivity index (χ3v) is 5.48. The summed E-state index contributed by atoms with van der Waals surface area (Å²) in [6.07, 6.45) is -3.90. The van der Waals surface area contributed by atoms with Crippen molar-refractivity contribution in [2.45, 2.75) is 6.18 Å². The number of aldehydes is 1. The topological polar surface area (TPSA) is 38.7 Å². The zero-order valence-electron chi connectivity index (χ0n) is 15.2. The lowest BCUT2D eigenvalue weighted by atomic mass is 10.0. The van der Waals surface area contributed by atoms with Crippen molar-refractivity contribution in [3.05, 3.63) is 81.5 Å². The summed E-state index contributed by atoms with van der Waals surface area (Å²) < 4.78 is 44.8. The Morgan fingerprint density at radius 3 is 2.38 bits per heavy atom. The summed E-state index contributed by atoms with van der Waals surface area (Å²) in [5.74, 6) is 0.665. The van der Waals surface area contributed by atoms with Crippen LogP contribution >= 0.6 is 11.3 Å². The summed E-state index contributed by atoms with van der Waals surface area (Å²) in [5, 5.41) is 1.85. The quantitative estimate of drug-likeness (QED) is 0.491. The van der Waals surface area contributed by atoms with E-state index < -0.39 is 11.7 Å². The minimum atomic E-state index is -4.50. The lowest BCUT2D eigenvalue weighted by Crippen LogP contribution is -2.06. The van der Waals surface area contributed by atoms with E-state index in [0.29, 0.717) is 34.6 Å². The number of halogens is 3. The summed E-state index contributed by atoms with van der Waals surface area (Å²) in [7, 11) is 1.56. The number of aliphatic imine (C=N–C) groups is 1. The summed E-state index contributed by atoms with van der Waals surface area (Å²) in [5.41, 5.74) is 1.77. The van der Waals surface area contributed by atoms with Gasteiger partial charge in [0.15, 0.2) is 6.29 Å². The first-order valence-corrected chi connectivity index (χ1v) is 9.49. The summed E-state index contributed by atoms with van der Waals surface area (Å²) in [6.45, 7) is 0. The Labute approximate surface area is 168 Å². The van der Waals surface area contributed by atoms with Gasteiger partial charge in [-0.3, -0.25) is 4.79 Å². The van der Waals surface area contributed by atoms with Gasteiger partial charge >= 0.3 is 6.18 Å². The second-order valence-electron chi connectivity index (χ2n) is 6.30. The van der Waals surface area contributed by atoms with Gasteiger partial charge in [0.2, 0.25) is 0 Å². The van der Waals surface area contributed by atoms with Crippen molar-refractivity contribution in [2.75, 3.05) is 7.11 Å². The Morgan fingerprint density at radius 2 is 1.79 bits per heavy atom. The summed E-state index contributed by atoms with van der Waals surface area (Å²) in [6, 6.07) is 14.1. The normalized spacial score (nSPS) is 15.0. The molecule has 0 saturated heterocycles. The van der Waals surface area contributed by atoms with Gasteiger partial charge in [-0.2, -0.15) is 13.2 Å². The Morgan fingerprint density at radius 1 is 1.03 bits per heavy atom. The highest BCUT2D eigenvalue weighted by molar-refractivity contribution is 7.11. The summed E-state index contributed by atoms with van der Waals surface area (Å²) >= 11 is 1.40. The van der Waals surface area contributed by atoms with Crippen LogP contribution in [0.4, 0.5) is 18.9 Å². The first-order chi connectivity index (χ1) is 13.9. The van der Waals surface area contributed by atoms with Crippen LogP contribution in [0.15, 0.2) is 65.0 Å². The third-order valence-electron chi connectivity index (χ3n) is 4.60. The highest BCUT2D eigenvalue weighted by Gasteiger charge is 2.35. The monoisotopic (exact) mass is 413 g/mol. The number of thiophene rings is 1. The number of allylic oxidation sites excluding steroid dienone is 2. The fraction of sp³-hybridized carbons (Fsp3) is 0.0909. The number of fused-ring (bicyclic) bond motifs is 1. The molecular formula is C22H14F3NO2S. The molecule has 7 heteroatoms. The van der Waals surface area contributed by atoms with Crippen LogP contribution in [0.5, 0.6) is 5.75 Å². The van der Waals surface area contributed by atoms with Gasteiger partial charge in [0, 0.05) is 21.6 Å². The van der Waals surface area contributed by atoms with Gasteiger partial charge in [-0.05, 0) is 53.4 Å². The number of benzene rings is 2. The molecule has 0 fully saturated rings. The van der Waals surface area contributed by atoms with Gasteiger partial charge in [-0.15, -0.1) is 11.3 Å². The molecule has 146 valence electrons. The van der Waals surface area contributed by atoms with Crippen molar-refractivity contribution < 1.29 is 22.7 Å². The minimum absolute atomic E-state index is 0.209. The van der Waals surface area contributed by atoms with Crippen molar-refractivity contribution in [3.63, 3.8) is 0 Å². The molecule has 2 aromatic carbocycles. The smallest absolute Gasteiger partial charge is 0.416 e. The molecular weight excluding hydrogens is 399 g/mol. The Hall–Kier alpha value is -3.19. The lowest BCUT2D eigenvalue weighted by Gasteiger charge is -2.09. The average Bonchev–Trinajstić information content (AvgIpc) is 3.33. The van der Waals surface area contributed by atoms with Gasteiger partial charge in [-0.1, -0.05) is 12.1 Å². The van der Waals surface area contributed by atoms with Gasteiger partial charge in [0.1, 0.15) is 5.75 Å². The van der Waals surface area contributed by atoms with Crippen LogP contribution in [0.2, 0.25) is 0 Å². The molecule has 3 nitrogen and oxygen atoms in total. The van der Waals surface area contributed by atoms with E-state index in [4.69, 9.17) is 4.74 Å². The van der Waals surface area contributed by atoms with Crippen LogP contribution in [0.25, 0.3) is 11.1 Å². The van der Waals surface area contributed by atoms with Crippen molar-refractivity contribution in [2.24, 2.45) is 4.99 Å². The second kappa shape index (κ2) is 7.33. The van der Waals surface area contributed by atoms with Gasteiger partial charge < -0.3 is 4.74 Å². The molecule has 0 radical (unpaired) electrons. The molecule has 4 rings (SSSR count). The number of methoxy groups -OCH3 is 1. The number of nitrogens with zero attached hydrogens (tertiary/aromatic N) is 1. The van der Waals surface area contributed by atoms with E-state index in [-0.39, 0.29) is 11.1 Å². The highest BCUT2D eigenvalue weighted by Crippen LogP contribution is 2.42. The first kappa shape index (κ1) is 19.1. The maximum Gasteiger partial charge on any atom is 0.416 e. The van der Waals surface area contributed by atoms with E-state index >= 15 is 0 Å².